The average molecular weight is 202 g/mol. The molecule has 0 aromatic heterocycles. The summed E-state index contributed by atoms with van der Waals surface area (Å²) in [4.78, 5) is 12.8. The third-order valence-electron chi connectivity index (χ3n) is 1.86. The molecule has 0 bridgehead atoms. The molecule has 0 radical (unpaired) electrons. The lowest BCUT2D eigenvalue weighted by molar-refractivity contribution is 0.188. The van der Waals surface area contributed by atoms with Gasteiger partial charge in [0.2, 0.25) is 0 Å². The molecule has 0 atom stereocenters. The summed E-state index contributed by atoms with van der Waals surface area (Å²) in [6.07, 6.45) is 3.59. The lowest BCUT2D eigenvalue weighted by Crippen LogP contribution is -2.41. The molecule has 1 heterocycles. The third-order valence-corrected chi connectivity index (χ3v) is 1.86. The maximum atomic E-state index is 11.0. The van der Waals surface area contributed by atoms with Crippen LogP contribution in [0.1, 0.15) is 47.0 Å². The van der Waals surface area contributed by atoms with Gasteiger partial charge < -0.3 is 10.2 Å². The Bertz CT molecular complexity index is 120. The van der Waals surface area contributed by atoms with Crippen LogP contribution in [0.2, 0.25) is 0 Å². The number of hydrogen-bond donors (Lipinski definition) is 1. The molecule has 1 fully saturated rings. The largest absolute Gasteiger partial charge is 0.341 e. The van der Waals surface area contributed by atoms with Gasteiger partial charge in [-0.3, -0.25) is 0 Å². The third kappa shape index (κ3) is 6.75. The van der Waals surface area contributed by atoms with Gasteiger partial charge in [0.1, 0.15) is 0 Å². The minimum Gasteiger partial charge on any atom is -0.341 e. The molecule has 1 rings (SSSR count). The maximum Gasteiger partial charge on any atom is 0.317 e. The Balaban J connectivity index is 0. The molecule has 0 aliphatic carbocycles. The van der Waals surface area contributed by atoms with E-state index < -0.39 is 0 Å². The lowest BCUT2D eigenvalue weighted by Gasteiger charge is -2.25. The number of carbonyl (C=O) groups excluding carboxylic acids is 1. The smallest absolute Gasteiger partial charge is 0.317 e. The van der Waals surface area contributed by atoms with Crippen molar-refractivity contribution in [2.75, 3.05) is 20.1 Å². The van der Waals surface area contributed by atoms with Gasteiger partial charge in [0.25, 0.3) is 0 Å². The first-order chi connectivity index (χ1) is 6.84. The predicted octanol–water partition coefficient (Wildman–Crippen LogP) is 2.86. The van der Waals surface area contributed by atoms with E-state index in [0.29, 0.717) is 0 Å². The first kappa shape index (κ1) is 15.7. The van der Waals surface area contributed by atoms with Crippen molar-refractivity contribution in [2.45, 2.75) is 47.0 Å². The molecule has 0 saturated carbocycles. The average Bonchev–Trinajstić information content (AvgIpc) is 2.34. The van der Waals surface area contributed by atoms with Crippen LogP contribution in [-0.4, -0.2) is 31.1 Å². The number of nitrogens with one attached hydrogen (secondary N) is 1. The monoisotopic (exact) mass is 202 g/mol. The Morgan fingerprint density at radius 3 is 1.79 bits per heavy atom. The van der Waals surface area contributed by atoms with Gasteiger partial charge in [-0.1, -0.05) is 27.7 Å². The second kappa shape index (κ2) is 12.3. The number of amides is 2. The van der Waals surface area contributed by atoms with E-state index in [-0.39, 0.29) is 6.03 Å². The van der Waals surface area contributed by atoms with Crippen molar-refractivity contribution >= 4 is 6.03 Å². The quantitative estimate of drug-likeness (QED) is 0.643. The number of likely N-dealkylation sites (tertiary alicyclic amines) is 1. The molecule has 0 spiro atoms. The van der Waals surface area contributed by atoms with Crippen LogP contribution in [0.4, 0.5) is 4.79 Å². The van der Waals surface area contributed by atoms with Crippen molar-refractivity contribution in [2.24, 2.45) is 0 Å². The van der Waals surface area contributed by atoms with E-state index in [0.717, 1.165) is 25.9 Å². The summed E-state index contributed by atoms with van der Waals surface area (Å²) in [5, 5.41) is 2.62. The van der Waals surface area contributed by atoms with E-state index in [1.807, 2.05) is 32.6 Å². The SMILES string of the molecule is CC.CC.CNC(=O)N1CCCCC1. The predicted molar refractivity (Wildman–Crippen MR) is 62.6 cm³/mol. The molecule has 0 unspecified atom stereocenters. The fraction of sp³-hybridized carbons (Fsp3) is 0.909. The van der Waals surface area contributed by atoms with Gasteiger partial charge in [0.05, 0.1) is 0 Å². The first-order valence-electron chi connectivity index (χ1n) is 5.81. The standard InChI is InChI=1S/C7H14N2O.2C2H6/c1-8-7(10)9-5-3-2-4-6-9;2*1-2/h2-6H2,1H3,(H,8,10);2*1-2H3. The normalized spacial score (nSPS) is 14.2. The fourth-order valence-electron chi connectivity index (χ4n) is 1.26. The zero-order valence-corrected chi connectivity index (χ0v) is 10.4. The number of rotatable bonds is 0. The summed E-state index contributed by atoms with van der Waals surface area (Å²) in [6, 6.07) is 0.0692. The van der Waals surface area contributed by atoms with Crippen LogP contribution in [0.15, 0.2) is 0 Å². The van der Waals surface area contributed by atoms with Gasteiger partial charge in [0.15, 0.2) is 0 Å². The van der Waals surface area contributed by atoms with Crippen LogP contribution in [0.5, 0.6) is 0 Å². The topological polar surface area (TPSA) is 32.3 Å². The molecule has 86 valence electrons. The Labute approximate surface area is 88.9 Å². The van der Waals surface area contributed by atoms with Crippen LogP contribution in [0.25, 0.3) is 0 Å². The van der Waals surface area contributed by atoms with E-state index in [4.69, 9.17) is 0 Å². The van der Waals surface area contributed by atoms with Crippen molar-refractivity contribution in [1.82, 2.24) is 10.2 Å². The summed E-state index contributed by atoms with van der Waals surface area (Å²) >= 11 is 0. The highest BCUT2D eigenvalue weighted by Gasteiger charge is 2.13. The number of hydrogen-bond acceptors (Lipinski definition) is 1. The van der Waals surface area contributed by atoms with Crippen LogP contribution in [0, 0.1) is 0 Å². The van der Waals surface area contributed by atoms with Crippen LogP contribution in [-0.2, 0) is 0 Å². The molecule has 1 aliphatic heterocycles. The molecule has 1 aliphatic rings. The number of piperidine rings is 1. The van der Waals surface area contributed by atoms with Crippen molar-refractivity contribution < 1.29 is 4.79 Å². The van der Waals surface area contributed by atoms with Crippen LogP contribution in [0.3, 0.4) is 0 Å². The summed E-state index contributed by atoms with van der Waals surface area (Å²) in [6.45, 7) is 9.86. The van der Waals surface area contributed by atoms with Gasteiger partial charge in [0, 0.05) is 20.1 Å². The molecule has 2 amide bonds. The first-order valence-corrected chi connectivity index (χ1v) is 5.81. The van der Waals surface area contributed by atoms with E-state index >= 15 is 0 Å². The van der Waals surface area contributed by atoms with Crippen molar-refractivity contribution in [3.63, 3.8) is 0 Å². The summed E-state index contributed by atoms with van der Waals surface area (Å²) in [5.74, 6) is 0. The van der Waals surface area contributed by atoms with E-state index in [1.165, 1.54) is 6.42 Å². The second-order valence-corrected chi connectivity index (χ2v) is 2.60. The highest BCUT2D eigenvalue weighted by Crippen LogP contribution is 2.07. The summed E-state index contributed by atoms with van der Waals surface area (Å²) in [7, 11) is 1.68. The van der Waals surface area contributed by atoms with Gasteiger partial charge in [-0.05, 0) is 19.3 Å². The Morgan fingerprint density at radius 2 is 1.43 bits per heavy atom. The zero-order chi connectivity index (χ0) is 11.4. The molecule has 1 saturated heterocycles. The van der Waals surface area contributed by atoms with E-state index in [9.17, 15) is 4.79 Å². The highest BCUT2D eigenvalue weighted by atomic mass is 16.2. The lowest BCUT2D eigenvalue weighted by atomic mass is 10.1. The molecule has 3 heteroatoms. The summed E-state index contributed by atoms with van der Waals surface area (Å²) in [5.41, 5.74) is 0. The number of urea groups is 1. The van der Waals surface area contributed by atoms with E-state index in [1.54, 1.807) is 7.05 Å². The number of carbonyl (C=O) groups is 1. The Hall–Kier alpha value is -0.730. The molecule has 0 aromatic rings. The van der Waals surface area contributed by atoms with Crippen molar-refractivity contribution in [1.29, 1.82) is 0 Å². The second-order valence-electron chi connectivity index (χ2n) is 2.60. The van der Waals surface area contributed by atoms with Crippen LogP contribution < -0.4 is 5.32 Å². The zero-order valence-electron chi connectivity index (χ0n) is 10.4. The Morgan fingerprint density at radius 1 is 1.00 bits per heavy atom. The van der Waals surface area contributed by atoms with Crippen molar-refractivity contribution in [3.8, 4) is 0 Å². The molecule has 14 heavy (non-hydrogen) atoms. The Kier molecular flexibility index (Phi) is 13.8. The highest BCUT2D eigenvalue weighted by molar-refractivity contribution is 5.73. The van der Waals surface area contributed by atoms with Gasteiger partial charge in [-0.2, -0.15) is 0 Å². The van der Waals surface area contributed by atoms with Gasteiger partial charge in [-0.15, -0.1) is 0 Å². The number of nitrogens with zero attached hydrogens (tertiary/aromatic N) is 1. The van der Waals surface area contributed by atoms with E-state index in [2.05, 4.69) is 5.32 Å². The van der Waals surface area contributed by atoms with Crippen molar-refractivity contribution in [3.05, 3.63) is 0 Å². The van der Waals surface area contributed by atoms with Crippen LogP contribution >= 0.6 is 0 Å². The maximum absolute atomic E-state index is 11.0. The molecular formula is C11H26N2O. The fourth-order valence-corrected chi connectivity index (χ4v) is 1.26. The van der Waals surface area contributed by atoms with Gasteiger partial charge >= 0.3 is 6.03 Å². The minimum absolute atomic E-state index is 0.0692. The summed E-state index contributed by atoms with van der Waals surface area (Å²) < 4.78 is 0. The molecular weight excluding hydrogens is 176 g/mol. The molecule has 3 nitrogen and oxygen atoms in total. The van der Waals surface area contributed by atoms with Gasteiger partial charge in [-0.25, -0.2) is 4.79 Å². The molecule has 1 N–H and O–H groups in total. The molecule has 0 aromatic carbocycles. The minimum atomic E-state index is 0.0692.